The third kappa shape index (κ3) is 1.91. The van der Waals surface area contributed by atoms with E-state index in [0.717, 1.165) is 18.1 Å². The zero-order chi connectivity index (χ0) is 13.0. The topological polar surface area (TPSA) is 32.8 Å². The van der Waals surface area contributed by atoms with Gasteiger partial charge in [-0.2, -0.15) is 0 Å². The Kier molecular flexibility index (Phi) is 2.82. The van der Waals surface area contributed by atoms with Gasteiger partial charge in [0.25, 0.3) is 0 Å². The molecule has 0 aliphatic carbocycles. The number of hydrogen-bond acceptors (Lipinski definition) is 4. The highest BCUT2D eigenvalue weighted by Gasteiger charge is 2.55. The van der Waals surface area contributed by atoms with E-state index in [1.807, 2.05) is 11.0 Å². The number of carbonyl (C=O) groups is 1. The van der Waals surface area contributed by atoms with Gasteiger partial charge in [-0.15, -0.1) is 11.3 Å². The van der Waals surface area contributed by atoms with Crippen LogP contribution in [-0.4, -0.2) is 42.8 Å². The molecule has 0 aromatic carbocycles. The van der Waals surface area contributed by atoms with Crippen LogP contribution in [-0.2, 0) is 4.74 Å². The third-order valence-corrected chi connectivity index (χ3v) is 6.50. The second-order valence-corrected chi connectivity index (χ2v) is 8.60. The van der Waals surface area contributed by atoms with Crippen LogP contribution in [0, 0.1) is 8.80 Å². The fourth-order valence-electron chi connectivity index (χ4n) is 3.63. The molecule has 4 fully saturated rings. The van der Waals surface area contributed by atoms with Crippen LogP contribution in [0.1, 0.15) is 12.8 Å². The first-order valence-electron chi connectivity index (χ1n) is 6.64. The minimum absolute atomic E-state index is 0.160. The first kappa shape index (κ1) is 12.4. The van der Waals surface area contributed by atoms with E-state index in [9.17, 15) is 4.79 Å². The molecule has 0 saturated carbocycles. The minimum Gasteiger partial charge on any atom is -0.439 e. The third-order valence-electron chi connectivity index (χ3n) is 4.58. The number of nitrogens with zero attached hydrogens (tertiary/aromatic N) is 2. The van der Waals surface area contributed by atoms with Crippen molar-refractivity contribution >= 4 is 45.0 Å². The fourth-order valence-corrected chi connectivity index (χ4v) is 5.21. The second-order valence-electron chi connectivity index (χ2n) is 5.65. The molecule has 1 unspecified atom stereocenters. The largest absolute Gasteiger partial charge is 0.439 e. The van der Waals surface area contributed by atoms with Gasteiger partial charge < -0.3 is 4.74 Å². The number of amides is 1. The summed E-state index contributed by atoms with van der Waals surface area (Å²) in [5.74, 6) is 0.547. The molecule has 0 radical (unpaired) electrons. The van der Waals surface area contributed by atoms with Gasteiger partial charge in [0.05, 0.1) is 9.43 Å². The molecule has 6 heteroatoms. The maximum atomic E-state index is 12.2. The van der Waals surface area contributed by atoms with Crippen molar-refractivity contribution in [3.05, 3.63) is 15.0 Å². The van der Waals surface area contributed by atoms with Gasteiger partial charge in [-0.1, -0.05) is 0 Å². The lowest BCUT2D eigenvalue weighted by atomic mass is 9.75. The molecule has 4 nitrogen and oxygen atoms in total. The molecule has 5 heterocycles. The molecule has 1 amide bonds. The number of fused-ring (bicyclic) bond motifs is 2. The molecule has 5 rings (SSSR count). The van der Waals surface area contributed by atoms with E-state index >= 15 is 0 Å². The summed E-state index contributed by atoms with van der Waals surface area (Å²) in [6.07, 6.45) is 2.18. The first-order chi connectivity index (χ1) is 9.16. The van der Waals surface area contributed by atoms with Crippen LogP contribution in [0.4, 0.5) is 9.80 Å². The van der Waals surface area contributed by atoms with Crippen molar-refractivity contribution in [3.8, 4) is 0 Å². The Morgan fingerprint density at radius 3 is 2.68 bits per heavy atom. The maximum absolute atomic E-state index is 12.2. The van der Waals surface area contributed by atoms with Gasteiger partial charge in [-0.3, -0.25) is 9.80 Å². The highest BCUT2D eigenvalue weighted by atomic mass is 127. The highest BCUT2D eigenvalue weighted by Crippen LogP contribution is 2.44. The average molecular weight is 390 g/mol. The Hall–Kier alpha value is -0.340. The van der Waals surface area contributed by atoms with Crippen molar-refractivity contribution in [3.63, 3.8) is 0 Å². The van der Waals surface area contributed by atoms with Crippen molar-refractivity contribution in [1.82, 2.24) is 4.90 Å². The fraction of sp³-hybridized carbons (Fsp3) is 0.615. The van der Waals surface area contributed by atoms with E-state index in [1.54, 1.807) is 11.3 Å². The number of carbonyl (C=O) groups excluding carboxylic acids is 1. The standard InChI is InChI=1S/C13H15IN2O2S/c14-10-1-2-11(19-10)16-8-13(18-12(16)17)7-15-5-3-9(13)4-6-15/h1-2,9H,3-8H2. The van der Waals surface area contributed by atoms with Gasteiger partial charge in [0, 0.05) is 12.5 Å². The highest BCUT2D eigenvalue weighted by molar-refractivity contribution is 14.1. The van der Waals surface area contributed by atoms with Gasteiger partial charge >= 0.3 is 6.09 Å². The zero-order valence-electron chi connectivity index (χ0n) is 10.5. The van der Waals surface area contributed by atoms with Crippen molar-refractivity contribution in [2.24, 2.45) is 5.92 Å². The minimum atomic E-state index is -0.247. The molecule has 19 heavy (non-hydrogen) atoms. The molecular formula is C13H15IN2O2S. The first-order valence-corrected chi connectivity index (χ1v) is 8.54. The number of halogens is 1. The van der Waals surface area contributed by atoms with Crippen LogP contribution in [0.5, 0.6) is 0 Å². The van der Waals surface area contributed by atoms with Crippen LogP contribution in [0.2, 0.25) is 0 Å². The summed E-state index contributed by atoms with van der Waals surface area (Å²) >= 11 is 3.94. The lowest BCUT2D eigenvalue weighted by Crippen LogP contribution is -2.61. The summed E-state index contributed by atoms with van der Waals surface area (Å²) in [6, 6.07) is 4.07. The molecule has 2 bridgehead atoms. The van der Waals surface area contributed by atoms with Crippen LogP contribution in [0.3, 0.4) is 0 Å². The monoisotopic (exact) mass is 390 g/mol. The zero-order valence-corrected chi connectivity index (χ0v) is 13.4. The Labute approximate surface area is 129 Å². The normalized spacial score (nSPS) is 37.1. The van der Waals surface area contributed by atoms with E-state index in [0.29, 0.717) is 5.92 Å². The van der Waals surface area contributed by atoms with Crippen LogP contribution in [0.25, 0.3) is 0 Å². The van der Waals surface area contributed by atoms with E-state index < -0.39 is 0 Å². The number of thiophene rings is 1. The predicted molar refractivity (Wildman–Crippen MR) is 82.8 cm³/mol. The summed E-state index contributed by atoms with van der Waals surface area (Å²) in [4.78, 5) is 16.5. The van der Waals surface area contributed by atoms with Crippen molar-refractivity contribution in [2.45, 2.75) is 18.4 Å². The summed E-state index contributed by atoms with van der Waals surface area (Å²) in [5, 5.41) is 1.02. The quantitative estimate of drug-likeness (QED) is 0.692. The molecule has 4 saturated heterocycles. The van der Waals surface area contributed by atoms with Gasteiger partial charge in [0.2, 0.25) is 0 Å². The number of rotatable bonds is 1. The number of hydrogen-bond donors (Lipinski definition) is 0. The van der Waals surface area contributed by atoms with Gasteiger partial charge in [0.15, 0.2) is 0 Å². The molecule has 102 valence electrons. The van der Waals surface area contributed by atoms with E-state index in [4.69, 9.17) is 4.74 Å². The molecule has 1 aromatic heterocycles. The van der Waals surface area contributed by atoms with Crippen molar-refractivity contribution in [1.29, 1.82) is 0 Å². The summed E-state index contributed by atoms with van der Waals surface area (Å²) in [5.41, 5.74) is -0.247. The summed E-state index contributed by atoms with van der Waals surface area (Å²) < 4.78 is 7.05. The van der Waals surface area contributed by atoms with Crippen LogP contribution in [0.15, 0.2) is 12.1 Å². The molecular weight excluding hydrogens is 375 g/mol. The van der Waals surface area contributed by atoms with Gasteiger partial charge in [-0.05, 0) is 60.7 Å². The number of anilines is 1. The predicted octanol–water partition coefficient (Wildman–Crippen LogP) is 2.77. The molecule has 1 atom stereocenters. The summed E-state index contributed by atoms with van der Waals surface area (Å²) in [7, 11) is 0. The van der Waals surface area contributed by atoms with E-state index in [2.05, 4.69) is 33.6 Å². The smallest absolute Gasteiger partial charge is 0.415 e. The Morgan fingerprint density at radius 1 is 1.32 bits per heavy atom. The van der Waals surface area contributed by atoms with Crippen molar-refractivity contribution in [2.75, 3.05) is 31.1 Å². The van der Waals surface area contributed by atoms with Gasteiger partial charge in [-0.25, -0.2) is 4.79 Å². The van der Waals surface area contributed by atoms with Crippen molar-refractivity contribution < 1.29 is 9.53 Å². The van der Waals surface area contributed by atoms with Crippen LogP contribution >= 0.6 is 33.9 Å². The molecule has 4 aliphatic rings. The molecule has 4 aliphatic heterocycles. The lowest BCUT2D eigenvalue weighted by Gasteiger charge is -2.49. The number of ether oxygens (including phenoxy) is 1. The van der Waals surface area contributed by atoms with E-state index in [-0.39, 0.29) is 11.7 Å². The van der Waals surface area contributed by atoms with E-state index in [1.165, 1.54) is 28.8 Å². The Morgan fingerprint density at radius 2 is 2.11 bits per heavy atom. The lowest BCUT2D eigenvalue weighted by molar-refractivity contribution is -0.0881. The second kappa shape index (κ2) is 4.33. The maximum Gasteiger partial charge on any atom is 0.415 e. The average Bonchev–Trinajstić information content (AvgIpc) is 2.95. The summed E-state index contributed by atoms with van der Waals surface area (Å²) in [6.45, 7) is 3.98. The Balaban J connectivity index is 1.63. The van der Waals surface area contributed by atoms with Gasteiger partial charge in [0.1, 0.15) is 10.6 Å². The SMILES string of the molecule is O=C1OC2(CN3CCC2CC3)CN1c1ccc(I)s1. The Bertz CT molecular complexity index is 526. The molecule has 1 spiro atoms. The number of piperidine rings is 3. The molecule has 0 N–H and O–H groups in total. The molecule has 1 aromatic rings. The van der Waals surface area contributed by atoms with Crippen LogP contribution < -0.4 is 4.90 Å².